The Bertz CT molecular complexity index is 628. The van der Waals surface area contributed by atoms with Gasteiger partial charge >= 0.3 is 0 Å². The summed E-state index contributed by atoms with van der Waals surface area (Å²) in [5.74, 6) is -0.828. The molecule has 21 heavy (non-hydrogen) atoms. The summed E-state index contributed by atoms with van der Waals surface area (Å²) in [5.41, 5.74) is 6.34. The third-order valence-corrected chi connectivity index (χ3v) is 3.22. The van der Waals surface area contributed by atoms with E-state index < -0.39 is 0 Å². The van der Waals surface area contributed by atoms with Gasteiger partial charge < -0.3 is 16.0 Å². The van der Waals surface area contributed by atoms with Gasteiger partial charge in [-0.1, -0.05) is 11.6 Å². The molecule has 7 heteroatoms. The molecule has 0 bridgehead atoms. The molecule has 0 spiro atoms. The molecule has 110 valence electrons. The Kier molecular flexibility index (Phi) is 4.59. The van der Waals surface area contributed by atoms with Crippen molar-refractivity contribution in [2.45, 2.75) is 6.42 Å². The molecule has 0 radical (unpaired) electrons. The molecule has 1 aliphatic heterocycles. The van der Waals surface area contributed by atoms with Crippen molar-refractivity contribution in [1.82, 2.24) is 10.2 Å². The van der Waals surface area contributed by atoms with Gasteiger partial charge in [-0.2, -0.15) is 0 Å². The zero-order valence-electron chi connectivity index (χ0n) is 11.1. The number of hydrogen-bond acceptors (Lipinski definition) is 4. The number of nitrogens with two attached hydrogens (primary N) is 1. The van der Waals surface area contributed by atoms with Crippen molar-refractivity contribution in [3.8, 4) is 0 Å². The van der Waals surface area contributed by atoms with E-state index in [1.165, 1.54) is 29.3 Å². The highest BCUT2D eigenvalue weighted by Gasteiger charge is 2.18. The molecule has 2 rings (SSSR count). The fourth-order valence-corrected chi connectivity index (χ4v) is 2.07. The van der Waals surface area contributed by atoms with Crippen LogP contribution in [0.25, 0.3) is 0 Å². The lowest BCUT2D eigenvalue weighted by molar-refractivity contribution is -0.133. The van der Waals surface area contributed by atoms with Crippen molar-refractivity contribution in [1.29, 1.82) is 0 Å². The first-order valence-corrected chi connectivity index (χ1v) is 6.69. The molecule has 0 aromatic heterocycles. The second kappa shape index (κ2) is 6.41. The van der Waals surface area contributed by atoms with Crippen LogP contribution in [-0.2, 0) is 9.59 Å². The molecule has 0 unspecified atom stereocenters. The maximum atomic E-state index is 11.9. The minimum absolute atomic E-state index is 0.130. The molecule has 0 aliphatic carbocycles. The second-order valence-electron chi connectivity index (χ2n) is 4.53. The van der Waals surface area contributed by atoms with Crippen molar-refractivity contribution in [3.63, 3.8) is 0 Å². The van der Waals surface area contributed by atoms with E-state index >= 15 is 0 Å². The largest absolute Gasteiger partial charge is 0.398 e. The number of rotatable bonds is 4. The highest BCUT2D eigenvalue weighted by molar-refractivity contribution is 6.31. The van der Waals surface area contributed by atoms with Crippen molar-refractivity contribution < 1.29 is 14.4 Å². The van der Waals surface area contributed by atoms with Gasteiger partial charge in [0.25, 0.3) is 5.91 Å². The topological polar surface area (TPSA) is 92.5 Å². The summed E-state index contributed by atoms with van der Waals surface area (Å²) in [6.07, 6.45) is 2.64. The number of ketones is 1. The zero-order chi connectivity index (χ0) is 15.4. The number of carbonyl (C=O) groups is 3. The van der Waals surface area contributed by atoms with Crippen molar-refractivity contribution in [2.24, 2.45) is 0 Å². The second-order valence-corrected chi connectivity index (χ2v) is 4.97. The van der Waals surface area contributed by atoms with Gasteiger partial charge in [0.05, 0.1) is 12.0 Å². The van der Waals surface area contributed by atoms with Gasteiger partial charge in [0.15, 0.2) is 5.78 Å². The molecule has 1 heterocycles. The molecule has 1 aliphatic rings. The Morgan fingerprint density at radius 1 is 1.38 bits per heavy atom. The van der Waals surface area contributed by atoms with E-state index in [9.17, 15) is 14.4 Å². The smallest absolute Gasteiger partial charge is 0.253 e. The number of nitrogen functional groups attached to an aromatic ring is 1. The van der Waals surface area contributed by atoms with Crippen LogP contribution in [0.15, 0.2) is 30.5 Å². The summed E-state index contributed by atoms with van der Waals surface area (Å²) in [7, 11) is 0. The summed E-state index contributed by atoms with van der Waals surface area (Å²) in [5, 5.41) is 3.12. The molecule has 0 fully saturated rings. The lowest BCUT2D eigenvalue weighted by Crippen LogP contribution is -2.38. The first-order valence-electron chi connectivity index (χ1n) is 6.31. The number of nitrogens with zero attached hydrogens (tertiary/aromatic N) is 1. The van der Waals surface area contributed by atoms with Gasteiger partial charge in [0.1, 0.15) is 0 Å². The number of benzene rings is 1. The van der Waals surface area contributed by atoms with Crippen LogP contribution >= 0.6 is 11.6 Å². The molecule has 6 nitrogen and oxygen atoms in total. The van der Waals surface area contributed by atoms with Crippen LogP contribution in [0.1, 0.15) is 16.8 Å². The van der Waals surface area contributed by atoms with E-state index in [4.69, 9.17) is 17.3 Å². The number of nitrogens with one attached hydrogen (secondary N) is 1. The normalized spacial score (nSPS) is 14.4. The number of allylic oxidation sites excluding steroid dienone is 1. The minimum Gasteiger partial charge on any atom is -0.398 e. The average Bonchev–Trinajstić information content (AvgIpc) is 2.41. The third kappa shape index (κ3) is 3.82. The Labute approximate surface area is 126 Å². The van der Waals surface area contributed by atoms with Crippen molar-refractivity contribution >= 4 is 34.9 Å². The van der Waals surface area contributed by atoms with Gasteiger partial charge in [0, 0.05) is 30.0 Å². The van der Waals surface area contributed by atoms with Crippen LogP contribution < -0.4 is 11.1 Å². The average molecular weight is 308 g/mol. The molecule has 0 saturated heterocycles. The molecule has 0 atom stereocenters. The molecular formula is C14H14ClN3O3. The molecule has 1 aromatic carbocycles. The standard InChI is InChI=1S/C14H14ClN3O3/c15-9-1-2-11(12(16)7-9)14(21)17-4-6-18-5-3-10(19)8-13(18)20/h1-3,5,7H,4,6,8,16H2,(H,17,21). The summed E-state index contributed by atoms with van der Waals surface area (Å²) in [4.78, 5) is 35.9. The predicted molar refractivity (Wildman–Crippen MR) is 78.7 cm³/mol. The number of hydrogen-bond donors (Lipinski definition) is 2. The van der Waals surface area contributed by atoms with Crippen LogP contribution in [0.5, 0.6) is 0 Å². The lowest BCUT2D eigenvalue weighted by atomic mass is 10.1. The van der Waals surface area contributed by atoms with Gasteiger partial charge in [-0.25, -0.2) is 0 Å². The van der Waals surface area contributed by atoms with Crippen LogP contribution in [0.2, 0.25) is 5.02 Å². The lowest BCUT2D eigenvalue weighted by Gasteiger charge is -2.20. The maximum Gasteiger partial charge on any atom is 0.253 e. The quantitative estimate of drug-likeness (QED) is 0.640. The highest BCUT2D eigenvalue weighted by Crippen LogP contribution is 2.17. The van der Waals surface area contributed by atoms with Gasteiger partial charge in [-0.15, -0.1) is 0 Å². The Morgan fingerprint density at radius 2 is 2.14 bits per heavy atom. The van der Waals surface area contributed by atoms with Gasteiger partial charge in [-0.05, 0) is 24.3 Å². The molecule has 1 aromatic rings. The molecule has 2 amide bonds. The molecule has 0 saturated carbocycles. The van der Waals surface area contributed by atoms with E-state index in [1.54, 1.807) is 6.07 Å². The first kappa shape index (κ1) is 15.1. The van der Waals surface area contributed by atoms with Crippen molar-refractivity contribution in [3.05, 3.63) is 41.1 Å². The molecule has 3 N–H and O–H groups in total. The Balaban J connectivity index is 1.88. The summed E-state index contributed by atoms with van der Waals surface area (Å²) < 4.78 is 0. The molecular weight excluding hydrogens is 294 g/mol. The fourth-order valence-electron chi connectivity index (χ4n) is 1.89. The van der Waals surface area contributed by atoms with Crippen molar-refractivity contribution in [2.75, 3.05) is 18.8 Å². The summed E-state index contributed by atoms with van der Waals surface area (Å²) in [6.45, 7) is 0.549. The number of halogens is 1. The van der Waals surface area contributed by atoms with Crippen LogP contribution in [0.3, 0.4) is 0 Å². The monoisotopic (exact) mass is 307 g/mol. The number of amides is 2. The van der Waals surface area contributed by atoms with Crippen LogP contribution in [0, 0.1) is 0 Å². The summed E-state index contributed by atoms with van der Waals surface area (Å²) in [6, 6.07) is 4.62. The SMILES string of the molecule is Nc1cc(Cl)ccc1C(=O)NCCN1C=CC(=O)CC1=O. The maximum absolute atomic E-state index is 11.9. The van der Waals surface area contributed by atoms with Gasteiger partial charge in [-0.3, -0.25) is 14.4 Å². The van der Waals surface area contributed by atoms with E-state index in [1.807, 2.05) is 0 Å². The summed E-state index contributed by atoms with van der Waals surface area (Å²) >= 11 is 5.76. The first-order chi connectivity index (χ1) is 9.97. The number of carbonyl (C=O) groups excluding carboxylic acids is 3. The Hall–Kier alpha value is -2.34. The van der Waals surface area contributed by atoms with Crippen LogP contribution in [0.4, 0.5) is 5.69 Å². The predicted octanol–water partition coefficient (Wildman–Crippen LogP) is 0.967. The third-order valence-electron chi connectivity index (χ3n) is 2.98. The van der Waals surface area contributed by atoms with E-state index in [0.717, 1.165) is 0 Å². The van der Waals surface area contributed by atoms with E-state index in [2.05, 4.69) is 5.32 Å². The van der Waals surface area contributed by atoms with Crippen LogP contribution in [-0.4, -0.2) is 35.6 Å². The number of anilines is 1. The van der Waals surface area contributed by atoms with E-state index in [0.29, 0.717) is 22.8 Å². The minimum atomic E-state index is -0.339. The van der Waals surface area contributed by atoms with E-state index in [-0.39, 0.29) is 30.6 Å². The Morgan fingerprint density at radius 3 is 2.81 bits per heavy atom. The highest BCUT2D eigenvalue weighted by atomic mass is 35.5. The van der Waals surface area contributed by atoms with Gasteiger partial charge in [0.2, 0.25) is 5.91 Å². The fraction of sp³-hybridized carbons (Fsp3) is 0.214. The zero-order valence-corrected chi connectivity index (χ0v) is 11.9.